The molecule has 0 rings (SSSR count). The van der Waals surface area contributed by atoms with E-state index >= 15 is 0 Å². The number of hydrogen-bond acceptors (Lipinski definition) is 4. The van der Waals surface area contributed by atoms with Gasteiger partial charge in [0.25, 0.3) is 0 Å². The van der Waals surface area contributed by atoms with Crippen LogP contribution in [0.4, 0.5) is 0 Å². The zero-order valence-corrected chi connectivity index (χ0v) is 15.0. The summed E-state index contributed by atoms with van der Waals surface area (Å²) in [5.74, 6) is 0.608. The Morgan fingerprint density at radius 3 is 1.55 bits per heavy atom. The molecule has 2 N–H and O–H groups in total. The van der Waals surface area contributed by atoms with Crippen LogP contribution in [0.15, 0.2) is 0 Å². The molecule has 0 aliphatic carbocycles. The summed E-state index contributed by atoms with van der Waals surface area (Å²) in [6.07, 6.45) is 3.07. The van der Waals surface area contributed by atoms with E-state index in [2.05, 4.69) is 0 Å². The fourth-order valence-electron chi connectivity index (χ4n) is 2.05. The van der Waals surface area contributed by atoms with Crippen LogP contribution < -0.4 is 5.73 Å². The van der Waals surface area contributed by atoms with Crippen LogP contribution in [-0.4, -0.2) is 18.5 Å². The molecule has 0 aliphatic rings. The SMILES string of the molecule is CCCC(N)(CCC)P(=O)(OCC(C)C)OCC(C)C. The lowest BCUT2D eigenvalue weighted by atomic mass is 10.1. The number of nitrogens with two attached hydrogens (primary N) is 1. The summed E-state index contributed by atoms with van der Waals surface area (Å²) in [6.45, 7) is 13.1. The predicted molar refractivity (Wildman–Crippen MR) is 85.9 cm³/mol. The van der Waals surface area contributed by atoms with Crippen molar-refractivity contribution in [2.45, 2.75) is 72.5 Å². The van der Waals surface area contributed by atoms with Crippen LogP contribution in [-0.2, 0) is 13.6 Å². The van der Waals surface area contributed by atoms with Gasteiger partial charge in [0.2, 0.25) is 0 Å². The normalized spacial score (nSPS) is 13.4. The lowest BCUT2D eigenvalue weighted by molar-refractivity contribution is 0.150. The van der Waals surface area contributed by atoms with Gasteiger partial charge in [-0.05, 0) is 24.7 Å². The topological polar surface area (TPSA) is 61.6 Å². The minimum Gasteiger partial charge on any atom is -0.315 e. The Hall–Kier alpha value is 0.110. The molecule has 0 atom stereocenters. The molecule has 0 heterocycles. The van der Waals surface area contributed by atoms with Gasteiger partial charge in [-0.1, -0.05) is 54.4 Å². The van der Waals surface area contributed by atoms with Gasteiger partial charge in [0, 0.05) is 0 Å². The van der Waals surface area contributed by atoms with Crippen LogP contribution in [0.5, 0.6) is 0 Å². The molecule has 0 aromatic heterocycles. The molecule has 0 amide bonds. The van der Waals surface area contributed by atoms with E-state index in [0.29, 0.717) is 37.9 Å². The predicted octanol–water partition coefficient (Wildman–Crippen LogP) is 4.78. The first-order valence-corrected chi connectivity index (χ1v) is 9.43. The molecule has 0 saturated heterocycles. The van der Waals surface area contributed by atoms with Gasteiger partial charge >= 0.3 is 7.60 Å². The van der Waals surface area contributed by atoms with E-state index in [1.54, 1.807) is 0 Å². The summed E-state index contributed by atoms with van der Waals surface area (Å²) in [7, 11) is -3.30. The number of hydrogen-bond donors (Lipinski definition) is 1. The molecule has 0 bridgehead atoms. The van der Waals surface area contributed by atoms with Gasteiger partial charge < -0.3 is 14.8 Å². The monoisotopic (exact) mass is 307 g/mol. The third kappa shape index (κ3) is 6.26. The van der Waals surface area contributed by atoms with Crippen molar-refractivity contribution in [2.75, 3.05) is 13.2 Å². The van der Waals surface area contributed by atoms with Gasteiger partial charge in [-0.25, -0.2) is 0 Å². The summed E-state index contributed by atoms with van der Waals surface area (Å²) in [5, 5.41) is -0.861. The zero-order chi connectivity index (χ0) is 15.8. The molecule has 0 unspecified atom stereocenters. The van der Waals surface area contributed by atoms with Crippen molar-refractivity contribution >= 4 is 7.60 Å². The highest BCUT2D eigenvalue weighted by Gasteiger charge is 2.47. The summed E-state index contributed by atoms with van der Waals surface area (Å²) >= 11 is 0. The van der Waals surface area contributed by atoms with E-state index in [0.717, 1.165) is 12.8 Å². The van der Waals surface area contributed by atoms with Crippen LogP contribution in [0, 0.1) is 11.8 Å². The quantitative estimate of drug-likeness (QED) is 0.558. The summed E-state index contributed by atoms with van der Waals surface area (Å²) in [5.41, 5.74) is 6.46. The highest BCUT2D eigenvalue weighted by molar-refractivity contribution is 7.55. The summed E-state index contributed by atoms with van der Waals surface area (Å²) in [6, 6.07) is 0. The molecule has 122 valence electrons. The Bertz CT molecular complexity index is 283. The van der Waals surface area contributed by atoms with Gasteiger partial charge in [0.15, 0.2) is 0 Å². The molecule has 4 nitrogen and oxygen atoms in total. The molecule has 0 radical (unpaired) electrons. The number of rotatable bonds is 11. The molecule has 20 heavy (non-hydrogen) atoms. The van der Waals surface area contributed by atoms with Gasteiger partial charge in [-0.2, -0.15) is 0 Å². The second kappa shape index (κ2) is 9.19. The van der Waals surface area contributed by atoms with E-state index in [1.165, 1.54) is 0 Å². The first-order valence-electron chi connectivity index (χ1n) is 7.88. The zero-order valence-electron chi connectivity index (χ0n) is 14.1. The Morgan fingerprint density at radius 1 is 0.950 bits per heavy atom. The summed E-state index contributed by atoms with van der Waals surface area (Å²) in [4.78, 5) is 0. The molecule has 0 fully saturated rings. The smallest absolute Gasteiger partial charge is 0.315 e. The molecule has 5 heteroatoms. The Labute approximate surface area is 125 Å². The lowest BCUT2D eigenvalue weighted by Gasteiger charge is -2.36. The van der Waals surface area contributed by atoms with E-state index < -0.39 is 12.9 Å². The molecule has 0 spiro atoms. The van der Waals surface area contributed by atoms with Crippen LogP contribution in [0.2, 0.25) is 0 Å². The van der Waals surface area contributed by atoms with Gasteiger partial charge in [0.05, 0.1) is 13.2 Å². The van der Waals surface area contributed by atoms with Gasteiger partial charge in [-0.15, -0.1) is 0 Å². The second-order valence-electron chi connectivity index (χ2n) is 6.48. The highest BCUT2D eigenvalue weighted by atomic mass is 31.2. The standard InChI is InChI=1S/C15H34NO3P/c1-7-9-15(16,10-8-2)20(17,18-11-13(3)4)19-12-14(5)6/h13-14H,7-12,16H2,1-6H3. The van der Waals surface area contributed by atoms with Crippen LogP contribution >= 0.6 is 7.60 Å². The molecule has 0 aromatic carbocycles. The first-order chi connectivity index (χ1) is 9.20. The maximum absolute atomic E-state index is 13.3. The molecular formula is C15H34NO3P. The van der Waals surface area contributed by atoms with E-state index in [4.69, 9.17) is 14.8 Å². The van der Waals surface area contributed by atoms with Crippen LogP contribution in [0.25, 0.3) is 0 Å². The first kappa shape index (κ1) is 20.1. The maximum atomic E-state index is 13.3. The minimum absolute atomic E-state index is 0.304. The van der Waals surface area contributed by atoms with E-state index in [1.807, 2.05) is 41.5 Å². The Morgan fingerprint density at radius 2 is 1.30 bits per heavy atom. The van der Waals surface area contributed by atoms with Gasteiger partial charge in [-0.3, -0.25) is 4.57 Å². The second-order valence-corrected chi connectivity index (χ2v) is 8.88. The maximum Gasteiger partial charge on any atom is 0.350 e. The third-order valence-electron chi connectivity index (χ3n) is 3.07. The van der Waals surface area contributed by atoms with Gasteiger partial charge in [0.1, 0.15) is 5.28 Å². The van der Waals surface area contributed by atoms with Crippen molar-refractivity contribution in [3.05, 3.63) is 0 Å². The lowest BCUT2D eigenvalue weighted by Crippen LogP contribution is -2.41. The molecule has 0 aliphatic heterocycles. The molecular weight excluding hydrogens is 273 g/mol. The molecule has 0 aromatic rings. The van der Waals surface area contributed by atoms with Crippen molar-refractivity contribution in [1.29, 1.82) is 0 Å². The van der Waals surface area contributed by atoms with Crippen molar-refractivity contribution in [1.82, 2.24) is 0 Å². The Balaban J connectivity index is 5.16. The minimum atomic E-state index is -3.30. The summed E-state index contributed by atoms with van der Waals surface area (Å²) < 4.78 is 24.7. The fraction of sp³-hybridized carbons (Fsp3) is 1.00. The highest BCUT2D eigenvalue weighted by Crippen LogP contribution is 2.61. The Kier molecular flexibility index (Phi) is 9.24. The van der Waals surface area contributed by atoms with E-state index in [-0.39, 0.29) is 0 Å². The fourth-order valence-corrected chi connectivity index (χ4v) is 4.63. The average Bonchev–Trinajstić information content (AvgIpc) is 2.34. The molecule has 0 saturated carbocycles. The van der Waals surface area contributed by atoms with Crippen molar-refractivity contribution < 1.29 is 13.6 Å². The third-order valence-corrected chi connectivity index (χ3v) is 5.58. The van der Waals surface area contributed by atoms with Crippen LogP contribution in [0.1, 0.15) is 67.2 Å². The van der Waals surface area contributed by atoms with Crippen molar-refractivity contribution in [3.8, 4) is 0 Å². The largest absolute Gasteiger partial charge is 0.350 e. The van der Waals surface area contributed by atoms with E-state index in [9.17, 15) is 4.57 Å². The van der Waals surface area contributed by atoms with Crippen molar-refractivity contribution in [3.63, 3.8) is 0 Å². The average molecular weight is 307 g/mol. The van der Waals surface area contributed by atoms with Crippen LogP contribution in [0.3, 0.4) is 0 Å². The van der Waals surface area contributed by atoms with Crippen molar-refractivity contribution in [2.24, 2.45) is 17.6 Å².